The quantitative estimate of drug-likeness (QED) is 0.784. The van der Waals surface area contributed by atoms with Crippen LogP contribution in [-0.4, -0.2) is 43.7 Å². The van der Waals surface area contributed by atoms with Crippen molar-refractivity contribution in [1.29, 1.82) is 0 Å². The molecule has 1 saturated heterocycles. The third kappa shape index (κ3) is 5.13. The first-order valence-electron chi connectivity index (χ1n) is 7.99. The number of nitrogens with zero attached hydrogens (tertiary/aromatic N) is 1. The Labute approximate surface area is 137 Å². The van der Waals surface area contributed by atoms with E-state index in [2.05, 4.69) is 29.3 Å². The third-order valence-electron chi connectivity index (χ3n) is 3.98. The average Bonchev–Trinajstić information content (AvgIpc) is 2.56. The lowest BCUT2D eigenvalue weighted by Gasteiger charge is -2.34. The number of piperidine rings is 1. The van der Waals surface area contributed by atoms with Gasteiger partial charge in [0.2, 0.25) is 5.91 Å². The van der Waals surface area contributed by atoms with E-state index in [1.54, 1.807) is 7.11 Å². The van der Waals surface area contributed by atoms with Crippen LogP contribution in [0.4, 0.5) is 5.69 Å². The maximum Gasteiger partial charge on any atom is 0.221 e. The summed E-state index contributed by atoms with van der Waals surface area (Å²) in [6, 6.07) is 8.51. The molecule has 1 heterocycles. The number of hydrogen-bond acceptors (Lipinski definition) is 4. The van der Waals surface area contributed by atoms with E-state index in [1.165, 1.54) is 5.69 Å². The number of thioether (sulfide) groups is 1. The molecule has 0 aliphatic carbocycles. The molecule has 1 aliphatic rings. The molecular formula is C17H26N2O2S. The minimum absolute atomic E-state index is 0.198. The third-order valence-corrected chi connectivity index (χ3v) is 4.88. The average molecular weight is 322 g/mol. The Hall–Kier alpha value is -1.36. The molecule has 0 bridgehead atoms. The molecule has 0 saturated carbocycles. The monoisotopic (exact) mass is 322 g/mol. The number of anilines is 1. The molecule has 22 heavy (non-hydrogen) atoms. The normalized spacial score (nSPS) is 15.6. The molecule has 1 amide bonds. The Balaban J connectivity index is 1.74. The largest absolute Gasteiger partial charge is 0.497 e. The highest BCUT2D eigenvalue weighted by molar-refractivity contribution is 7.99. The van der Waals surface area contributed by atoms with Crippen LogP contribution in [0.2, 0.25) is 0 Å². The highest BCUT2D eigenvalue weighted by Gasteiger charge is 2.20. The summed E-state index contributed by atoms with van der Waals surface area (Å²) in [6.45, 7) is 4.10. The summed E-state index contributed by atoms with van der Waals surface area (Å²) in [5.41, 5.74) is 1.23. The molecule has 1 N–H and O–H groups in total. The second-order valence-corrected chi connectivity index (χ2v) is 6.87. The van der Waals surface area contributed by atoms with Crippen LogP contribution in [0.1, 0.15) is 26.2 Å². The number of hydrogen-bond donors (Lipinski definition) is 1. The van der Waals surface area contributed by atoms with E-state index in [4.69, 9.17) is 4.74 Å². The topological polar surface area (TPSA) is 41.6 Å². The van der Waals surface area contributed by atoms with Gasteiger partial charge in [0.05, 0.1) is 7.11 Å². The van der Waals surface area contributed by atoms with E-state index in [1.807, 2.05) is 23.9 Å². The highest BCUT2D eigenvalue weighted by atomic mass is 32.2. The number of benzene rings is 1. The SMILES string of the molecule is CCSCCC(=O)NC1CCN(c2ccc(OC)cc2)CC1. The van der Waals surface area contributed by atoms with Crippen molar-refractivity contribution in [2.24, 2.45) is 0 Å². The zero-order chi connectivity index (χ0) is 15.8. The molecule has 1 fully saturated rings. The fourth-order valence-corrected chi connectivity index (χ4v) is 3.30. The van der Waals surface area contributed by atoms with Gasteiger partial charge in [0.25, 0.3) is 0 Å². The van der Waals surface area contributed by atoms with Crippen molar-refractivity contribution in [3.8, 4) is 5.75 Å². The van der Waals surface area contributed by atoms with Crippen molar-refractivity contribution in [2.45, 2.75) is 32.2 Å². The van der Waals surface area contributed by atoms with Crippen molar-refractivity contribution in [2.75, 3.05) is 36.6 Å². The predicted molar refractivity (Wildman–Crippen MR) is 94.0 cm³/mol. The van der Waals surface area contributed by atoms with Crippen LogP contribution < -0.4 is 15.0 Å². The molecule has 122 valence electrons. The number of amides is 1. The molecule has 0 unspecified atom stereocenters. The van der Waals surface area contributed by atoms with E-state index in [0.717, 1.165) is 43.2 Å². The first-order chi connectivity index (χ1) is 10.7. The Morgan fingerprint density at radius 1 is 1.32 bits per heavy atom. The van der Waals surface area contributed by atoms with Gasteiger partial charge < -0.3 is 15.0 Å². The maximum absolute atomic E-state index is 11.9. The minimum Gasteiger partial charge on any atom is -0.497 e. The van der Waals surface area contributed by atoms with Gasteiger partial charge in [-0.2, -0.15) is 11.8 Å². The molecule has 1 aromatic rings. The first kappa shape index (κ1) is 17.0. The van der Waals surface area contributed by atoms with Gasteiger partial charge in [0, 0.05) is 37.0 Å². The smallest absolute Gasteiger partial charge is 0.221 e. The zero-order valence-corrected chi connectivity index (χ0v) is 14.3. The molecule has 0 aromatic heterocycles. The summed E-state index contributed by atoms with van der Waals surface area (Å²) in [6.07, 6.45) is 2.66. The fraction of sp³-hybridized carbons (Fsp3) is 0.588. The van der Waals surface area contributed by atoms with E-state index < -0.39 is 0 Å². The summed E-state index contributed by atoms with van der Waals surface area (Å²) in [5, 5.41) is 3.17. The second kappa shape index (κ2) is 8.93. The van der Waals surface area contributed by atoms with Gasteiger partial charge in [0.15, 0.2) is 0 Å². The summed E-state index contributed by atoms with van der Waals surface area (Å²) < 4.78 is 5.19. The Morgan fingerprint density at radius 3 is 2.59 bits per heavy atom. The van der Waals surface area contributed by atoms with Crippen molar-refractivity contribution in [3.05, 3.63) is 24.3 Å². The number of rotatable bonds is 7. The lowest BCUT2D eigenvalue weighted by molar-refractivity contribution is -0.121. The lowest BCUT2D eigenvalue weighted by Crippen LogP contribution is -2.44. The Bertz CT molecular complexity index is 456. The lowest BCUT2D eigenvalue weighted by atomic mass is 10.0. The van der Waals surface area contributed by atoms with Crippen molar-refractivity contribution in [3.63, 3.8) is 0 Å². The standard InChI is InChI=1S/C17H26N2O2S/c1-3-22-13-10-17(20)18-14-8-11-19(12-9-14)15-4-6-16(21-2)7-5-15/h4-7,14H,3,8-13H2,1-2H3,(H,18,20). The summed E-state index contributed by atoms with van der Waals surface area (Å²) in [5.74, 6) is 3.08. The zero-order valence-electron chi connectivity index (χ0n) is 13.5. The van der Waals surface area contributed by atoms with Gasteiger partial charge in [-0.1, -0.05) is 6.92 Å². The minimum atomic E-state index is 0.198. The maximum atomic E-state index is 11.9. The van der Waals surface area contributed by atoms with Crippen LogP contribution in [0.15, 0.2) is 24.3 Å². The molecule has 2 rings (SSSR count). The number of carbonyl (C=O) groups is 1. The van der Waals surface area contributed by atoms with Crippen LogP contribution in [0.5, 0.6) is 5.75 Å². The predicted octanol–water partition coefficient (Wildman–Crippen LogP) is 2.92. The molecule has 1 aliphatic heterocycles. The fourth-order valence-electron chi connectivity index (χ4n) is 2.68. The summed E-state index contributed by atoms with van der Waals surface area (Å²) >= 11 is 1.82. The number of ether oxygens (including phenoxy) is 1. The van der Waals surface area contributed by atoms with E-state index in [0.29, 0.717) is 12.5 Å². The number of nitrogens with one attached hydrogen (secondary N) is 1. The molecule has 1 aromatic carbocycles. The molecule has 0 radical (unpaired) electrons. The van der Waals surface area contributed by atoms with Gasteiger partial charge in [-0.05, 0) is 42.9 Å². The van der Waals surface area contributed by atoms with Crippen LogP contribution in [-0.2, 0) is 4.79 Å². The van der Waals surface area contributed by atoms with Gasteiger partial charge >= 0.3 is 0 Å². The highest BCUT2D eigenvalue weighted by Crippen LogP contribution is 2.22. The molecule has 4 nitrogen and oxygen atoms in total. The summed E-state index contributed by atoms with van der Waals surface area (Å²) in [4.78, 5) is 14.2. The van der Waals surface area contributed by atoms with Crippen molar-refractivity contribution >= 4 is 23.4 Å². The van der Waals surface area contributed by atoms with Gasteiger partial charge in [-0.25, -0.2) is 0 Å². The number of methoxy groups -OCH3 is 1. The van der Waals surface area contributed by atoms with Crippen molar-refractivity contribution < 1.29 is 9.53 Å². The number of carbonyl (C=O) groups excluding carboxylic acids is 1. The van der Waals surface area contributed by atoms with Gasteiger partial charge in [0.1, 0.15) is 5.75 Å². The molecule has 0 atom stereocenters. The Morgan fingerprint density at radius 2 is 2.00 bits per heavy atom. The van der Waals surface area contributed by atoms with Crippen LogP contribution in [0.25, 0.3) is 0 Å². The van der Waals surface area contributed by atoms with E-state index in [9.17, 15) is 4.79 Å². The second-order valence-electron chi connectivity index (χ2n) is 5.47. The Kier molecular flexibility index (Phi) is 6.90. The summed E-state index contributed by atoms with van der Waals surface area (Å²) in [7, 11) is 1.68. The van der Waals surface area contributed by atoms with Gasteiger partial charge in [-0.3, -0.25) is 4.79 Å². The van der Waals surface area contributed by atoms with Crippen LogP contribution in [0.3, 0.4) is 0 Å². The van der Waals surface area contributed by atoms with E-state index >= 15 is 0 Å². The van der Waals surface area contributed by atoms with E-state index in [-0.39, 0.29) is 5.91 Å². The molecule has 0 spiro atoms. The van der Waals surface area contributed by atoms with Crippen molar-refractivity contribution in [1.82, 2.24) is 5.32 Å². The van der Waals surface area contributed by atoms with Crippen LogP contribution >= 0.6 is 11.8 Å². The molecular weight excluding hydrogens is 296 g/mol. The van der Waals surface area contributed by atoms with Gasteiger partial charge in [-0.15, -0.1) is 0 Å². The molecule has 5 heteroatoms. The first-order valence-corrected chi connectivity index (χ1v) is 9.14. The van der Waals surface area contributed by atoms with Crippen LogP contribution in [0, 0.1) is 0 Å².